The van der Waals surface area contributed by atoms with Crippen molar-refractivity contribution in [3.63, 3.8) is 0 Å². The van der Waals surface area contributed by atoms with Gasteiger partial charge in [-0.25, -0.2) is 4.98 Å². The summed E-state index contributed by atoms with van der Waals surface area (Å²) in [4.78, 5) is 4.57. The lowest BCUT2D eigenvalue weighted by atomic mass is 10.1. The molecule has 0 aliphatic rings. The molecule has 25 heavy (non-hydrogen) atoms. The van der Waals surface area contributed by atoms with E-state index in [1.165, 1.54) is 0 Å². The Morgan fingerprint density at radius 2 is 1.08 bits per heavy atom. The van der Waals surface area contributed by atoms with E-state index in [-0.39, 0.29) is 0 Å². The van der Waals surface area contributed by atoms with E-state index in [4.69, 9.17) is 75.3 Å². The highest BCUT2D eigenvalue weighted by Gasteiger charge is 2.18. The highest BCUT2D eigenvalue weighted by atomic mass is 35.5. The summed E-state index contributed by atoms with van der Waals surface area (Å²) in [5.74, 6) is 0. The number of anilines is 1. The first-order chi connectivity index (χ1) is 11.8. The van der Waals surface area contributed by atoms with Crippen molar-refractivity contribution in [2.75, 3.05) is 5.73 Å². The third kappa shape index (κ3) is 3.80. The molecule has 0 aliphatic heterocycles. The number of hydrogen-bond acceptors (Lipinski definition) is 2. The summed E-state index contributed by atoms with van der Waals surface area (Å²) in [5, 5.41) is 2.25. The maximum absolute atomic E-state index is 6.29. The minimum absolute atomic E-state index is 0.335. The van der Waals surface area contributed by atoms with Gasteiger partial charge < -0.3 is 5.73 Å². The van der Waals surface area contributed by atoms with Crippen molar-refractivity contribution in [1.82, 2.24) is 4.98 Å². The lowest BCUT2D eigenvalue weighted by Gasteiger charge is -2.13. The van der Waals surface area contributed by atoms with Gasteiger partial charge in [0.2, 0.25) is 0 Å². The number of hydrogen-bond donors (Lipinski definition) is 1. The first-order valence-electron chi connectivity index (χ1n) is 6.84. The molecule has 0 radical (unpaired) electrons. The highest BCUT2D eigenvalue weighted by Crippen LogP contribution is 2.42. The van der Waals surface area contributed by atoms with Gasteiger partial charge in [0.15, 0.2) is 0 Å². The molecular weight excluding hydrogens is 445 g/mol. The van der Waals surface area contributed by atoms with Crippen LogP contribution in [-0.4, -0.2) is 4.98 Å². The smallest absolute Gasteiger partial charge is 0.0968 e. The molecular formula is C17H8Cl6N2. The van der Waals surface area contributed by atoms with Crippen LogP contribution in [0.4, 0.5) is 5.69 Å². The molecule has 128 valence electrons. The van der Waals surface area contributed by atoms with E-state index >= 15 is 0 Å². The lowest BCUT2D eigenvalue weighted by Crippen LogP contribution is -1.97. The van der Waals surface area contributed by atoms with E-state index < -0.39 is 0 Å². The summed E-state index contributed by atoms with van der Waals surface area (Å²) < 4.78 is 0. The SMILES string of the molecule is Nc1ccc(-c2c(Cl)cc(Cl)cc2Cl)nc1-c1c(Cl)cc(Cl)cc1Cl. The molecule has 0 amide bonds. The third-order valence-corrected chi connectivity index (χ3v) is 5.06. The van der Waals surface area contributed by atoms with Crippen LogP contribution in [0.3, 0.4) is 0 Å². The summed E-state index contributed by atoms with van der Waals surface area (Å²) >= 11 is 37.1. The van der Waals surface area contributed by atoms with Gasteiger partial charge in [-0.05, 0) is 36.4 Å². The first kappa shape index (κ1) is 18.9. The van der Waals surface area contributed by atoms with E-state index in [2.05, 4.69) is 4.98 Å². The third-order valence-electron chi connectivity index (χ3n) is 3.43. The Morgan fingerprint density at radius 1 is 0.640 bits per heavy atom. The molecule has 3 aromatic rings. The van der Waals surface area contributed by atoms with Gasteiger partial charge in [0, 0.05) is 21.2 Å². The Kier molecular flexibility index (Phi) is 5.60. The summed E-state index contributed by atoms with van der Waals surface area (Å²) in [5.41, 5.74) is 8.41. The number of benzene rings is 2. The zero-order valence-electron chi connectivity index (χ0n) is 12.3. The van der Waals surface area contributed by atoms with Crippen LogP contribution in [-0.2, 0) is 0 Å². The molecule has 1 aromatic heterocycles. The number of rotatable bonds is 2. The van der Waals surface area contributed by atoms with Crippen LogP contribution >= 0.6 is 69.6 Å². The monoisotopic (exact) mass is 450 g/mol. The van der Waals surface area contributed by atoms with Crippen LogP contribution < -0.4 is 5.73 Å². The number of nitrogens with zero attached hydrogens (tertiary/aromatic N) is 1. The van der Waals surface area contributed by atoms with Crippen molar-refractivity contribution in [3.8, 4) is 22.5 Å². The second-order valence-corrected chi connectivity index (χ2v) is 7.62. The maximum atomic E-state index is 6.29. The Balaban J connectivity index is 2.25. The fourth-order valence-corrected chi connectivity index (χ4v) is 4.37. The molecule has 0 saturated heterocycles. The molecule has 1 heterocycles. The van der Waals surface area contributed by atoms with Crippen molar-refractivity contribution in [2.24, 2.45) is 0 Å². The molecule has 2 aromatic carbocycles. The second kappa shape index (κ2) is 7.40. The summed E-state index contributed by atoms with van der Waals surface area (Å²) in [6.07, 6.45) is 0. The fraction of sp³-hybridized carbons (Fsp3) is 0. The molecule has 0 atom stereocenters. The zero-order chi connectivity index (χ0) is 18.3. The van der Waals surface area contributed by atoms with Crippen molar-refractivity contribution in [3.05, 3.63) is 66.5 Å². The Bertz CT molecular complexity index is 941. The zero-order valence-corrected chi connectivity index (χ0v) is 16.8. The van der Waals surface area contributed by atoms with Gasteiger partial charge >= 0.3 is 0 Å². The van der Waals surface area contributed by atoms with Crippen LogP contribution in [0.25, 0.3) is 22.5 Å². The van der Waals surface area contributed by atoms with E-state index in [0.29, 0.717) is 58.3 Å². The minimum Gasteiger partial charge on any atom is -0.397 e. The molecule has 0 fully saturated rings. The predicted octanol–water partition coefficient (Wildman–Crippen LogP) is 7.92. The van der Waals surface area contributed by atoms with Gasteiger partial charge in [-0.15, -0.1) is 0 Å². The maximum Gasteiger partial charge on any atom is 0.0968 e. The Morgan fingerprint density at radius 3 is 1.56 bits per heavy atom. The molecule has 0 unspecified atom stereocenters. The highest BCUT2D eigenvalue weighted by molar-refractivity contribution is 6.42. The lowest BCUT2D eigenvalue weighted by molar-refractivity contribution is 1.32. The van der Waals surface area contributed by atoms with Gasteiger partial charge in [0.25, 0.3) is 0 Å². The van der Waals surface area contributed by atoms with Gasteiger partial charge in [-0.1, -0.05) is 69.6 Å². The van der Waals surface area contributed by atoms with E-state index in [1.807, 2.05) is 0 Å². The van der Waals surface area contributed by atoms with Crippen LogP contribution in [0.15, 0.2) is 36.4 Å². The van der Waals surface area contributed by atoms with Crippen LogP contribution in [0, 0.1) is 0 Å². The van der Waals surface area contributed by atoms with E-state index in [9.17, 15) is 0 Å². The molecule has 0 aliphatic carbocycles. The fourth-order valence-electron chi connectivity index (χ4n) is 2.36. The first-order valence-corrected chi connectivity index (χ1v) is 9.11. The topological polar surface area (TPSA) is 38.9 Å². The standard InChI is InChI=1S/C17H8Cl6N2/c18-7-3-9(20)15(10(21)4-7)14-2-1-13(24)17(25-14)16-11(22)5-8(19)6-12(16)23/h1-6H,24H2. The Hall–Kier alpha value is -0.870. The number of halogens is 6. The van der Waals surface area contributed by atoms with Crippen LogP contribution in [0.2, 0.25) is 30.1 Å². The molecule has 2 nitrogen and oxygen atoms in total. The normalized spacial score (nSPS) is 11.0. The quantitative estimate of drug-likeness (QED) is 0.428. The van der Waals surface area contributed by atoms with Crippen LogP contribution in [0.1, 0.15) is 0 Å². The molecule has 2 N–H and O–H groups in total. The summed E-state index contributed by atoms with van der Waals surface area (Å²) in [6, 6.07) is 9.70. The Labute approximate surface area is 174 Å². The van der Waals surface area contributed by atoms with Crippen molar-refractivity contribution in [1.29, 1.82) is 0 Å². The van der Waals surface area contributed by atoms with Gasteiger partial charge in [0.05, 0.1) is 37.2 Å². The molecule has 0 bridgehead atoms. The molecule has 8 heteroatoms. The summed E-state index contributed by atoms with van der Waals surface area (Å²) in [7, 11) is 0. The minimum atomic E-state index is 0.335. The average Bonchev–Trinajstić information content (AvgIpc) is 2.48. The summed E-state index contributed by atoms with van der Waals surface area (Å²) in [6.45, 7) is 0. The van der Waals surface area contributed by atoms with Crippen LogP contribution in [0.5, 0.6) is 0 Å². The van der Waals surface area contributed by atoms with Gasteiger partial charge in [-0.3, -0.25) is 0 Å². The van der Waals surface area contributed by atoms with Gasteiger partial charge in [0.1, 0.15) is 0 Å². The largest absolute Gasteiger partial charge is 0.397 e. The van der Waals surface area contributed by atoms with Crippen molar-refractivity contribution < 1.29 is 0 Å². The number of nitrogen functional groups attached to an aromatic ring is 1. The van der Waals surface area contributed by atoms with Crippen molar-refractivity contribution in [2.45, 2.75) is 0 Å². The molecule has 3 rings (SSSR count). The van der Waals surface area contributed by atoms with E-state index in [1.54, 1.807) is 36.4 Å². The molecule has 0 saturated carbocycles. The average molecular weight is 453 g/mol. The molecule has 0 spiro atoms. The predicted molar refractivity (Wildman–Crippen MR) is 110 cm³/mol. The number of nitrogens with two attached hydrogens (primary N) is 1. The van der Waals surface area contributed by atoms with E-state index in [0.717, 1.165) is 0 Å². The number of aromatic nitrogens is 1. The second-order valence-electron chi connectivity index (χ2n) is 5.12. The van der Waals surface area contributed by atoms with Crippen molar-refractivity contribution >= 4 is 75.3 Å². The number of pyridine rings is 1. The van der Waals surface area contributed by atoms with Gasteiger partial charge in [-0.2, -0.15) is 0 Å².